The molecular weight excluding hydrogens is 491 g/mol. The number of carbonyl (C=O) groups is 1. The van der Waals surface area contributed by atoms with E-state index in [1.807, 2.05) is 0 Å². The number of halogens is 5. The van der Waals surface area contributed by atoms with E-state index >= 15 is 0 Å². The molecule has 0 bridgehead atoms. The summed E-state index contributed by atoms with van der Waals surface area (Å²) >= 11 is 0. The molecule has 0 aliphatic rings. The molecule has 3 aromatic carbocycles. The number of alkyl halides is 3. The fourth-order valence-electron chi connectivity index (χ4n) is 2.62. The molecule has 3 rings (SSSR count). The maximum absolute atomic E-state index is 13.8. The van der Waals surface area contributed by atoms with Gasteiger partial charge in [0, 0.05) is 17.2 Å². The molecule has 0 radical (unpaired) electrons. The lowest BCUT2D eigenvalue weighted by Gasteiger charge is -2.19. The summed E-state index contributed by atoms with van der Waals surface area (Å²) in [5.41, 5.74) is 1.54. The van der Waals surface area contributed by atoms with Gasteiger partial charge in [-0.15, -0.1) is 0 Å². The van der Waals surface area contributed by atoms with Crippen LogP contribution in [0, 0.1) is 11.6 Å². The lowest BCUT2D eigenvalue weighted by molar-refractivity contribution is -0.0552. The van der Waals surface area contributed by atoms with E-state index in [2.05, 4.69) is 0 Å². The van der Waals surface area contributed by atoms with Crippen LogP contribution in [0.2, 0.25) is 19.6 Å². The Labute approximate surface area is 196 Å². The van der Waals surface area contributed by atoms with Gasteiger partial charge in [0.1, 0.15) is 17.9 Å². The molecule has 0 aliphatic heterocycles. The van der Waals surface area contributed by atoms with Gasteiger partial charge in [-0.2, -0.15) is 13.2 Å². The number of benzene rings is 3. The van der Waals surface area contributed by atoms with Crippen molar-refractivity contribution >= 4 is 24.2 Å². The molecule has 10 heteroatoms. The third-order valence-corrected chi connectivity index (χ3v) is 8.15. The van der Waals surface area contributed by atoms with Gasteiger partial charge in [0.15, 0.2) is 17.9 Å². The average Bonchev–Trinajstić information content (AvgIpc) is 2.73. The molecule has 0 saturated heterocycles. The second-order valence-electron chi connectivity index (χ2n) is 8.52. The van der Waals surface area contributed by atoms with Crippen molar-refractivity contribution in [3.8, 4) is 11.1 Å². The second kappa shape index (κ2) is 10.6. The van der Waals surface area contributed by atoms with Gasteiger partial charge in [-0.1, -0.05) is 50.0 Å². The fourth-order valence-corrected chi connectivity index (χ4v) is 3.96. The second-order valence-corrected chi connectivity index (χ2v) is 15.6. The van der Waals surface area contributed by atoms with Crippen molar-refractivity contribution in [1.82, 2.24) is 0 Å². The first-order valence-electron chi connectivity index (χ1n) is 10.0. The fraction of sp³-hybridized carbons (Fsp3) is 0.208. The van der Waals surface area contributed by atoms with Gasteiger partial charge < -0.3 is 0 Å². The van der Waals surface area contributed by atoms with Crippen LogP contribution in [0.3, 0.4) is 0 Å². The topological polar surface area (TPSA) is 51.2 Å². The van der Waals surface area contributed by atoms with Crippen molar-refractivity contribution in [2.45, 2.75) is 36.1 Å². The Morgan fingerprint density at radius 1 is 0.882 bits per heavy atom. The van der Waals surface area contributed by atoms with Crippen LogP contribution in [0.5, 0.6) is 0 Å². The maximum Gasteiger partial charge on any atom is 0.360 e. The van der Waals surface area contributed by atoms with E-state index in [0.29, 0.717) is 23.0 Å². The van der Waals surface area contributed by atoms with E-state index in [4.69, 9.17) is 0 Å². The minimum Gasteiger partial charge on any atom is -0.298 e. The molecule has 3 nitrogen and oxygen atoms in total. The summed E-state index contributed by atoms with van der Waals surface area (Å²) in [7, 11) is -6.48. The number of hydrogen-bond acceptors (Lipinski definition) is 3. The number of aldehydes is 1. The first-order valence-corrected chi connectivity index (χ1v) is 15.2. The van der Waals surface area contributed by atoms with Gasteiger partial charge in [-0.05, 0) is 41.5 Å². The summed E-state index contributed by atoms with van der Waals surface area (Å²) in [6.07, 6.45) is 0.655. The van der Waals surface area contributed by atoms with Gasteiger partial charge in [-0.3, -0.25) is 4.79 Å². The van der Waals surface area contributed by atoms with Gasteiger partial charge >= 0.3 is 5.80 Å². The van der Waals surface area contributed by atoms with Crippen LogP contribution in [0.4, 0.5) is 22.0 Å². The number of carbonyl (C=O) groups excluding carboxylic acids is 1. The van der Waals surface area contributed by atoms with Crippen molar-refractivity contribution in [3.63, 3.8) is 0 Å². The van der Waals surface area contributed by atoms with Crippen LogP contribution in [-0.2, 0) is 15.6 Å². The predicted octanol–water partition coefficient (Wildman–Crippen LogP) is 6.84. The standard InChI is InChI=1S/C20H14F2O3S.C4H9F3Si/c21-17-6-9-19(20(22)11-17)16-4-7-18(8-5-16)26(24,25)13-15-3-1-2-14(10-15)12-23;1-8(2,3)4(5,6)7/h1-12H,13H2;1-3H3. The highest BCUT2D eigenvalue weighted by molar-refractivity contribution is 7.90. The van der Waals surface area contributed by atoms with Crippen molar-refractivity contribution in [2.75, 3.05) is 0 Å². The van der Waals surface area contributed by atoms with Gasteiger partial charge in [0.25, 0.3) is 0 Å². The molecule has 0 atom stereocenters. The van der Waals surface area contributed by atoms with Crippen molar-refractivity contribution < 1.29 is 35.2 Å². The first-order chi connectivity index (χ1) is 15.6. The van der Waals surface area contributed by atoms with Gasteiger partial charge in [0.2, 0.25) is 0 Å². The SMILES string of the molecule is C[Si](C)(C)C(F)(F)F.O=Cc1cccc(CS(=O)(=O)c2ccc(-c3ccc(F)cc3F)cc2)c1. The molecule has 0 spiro atoms. The lowest BCUT2D eigenvalue weighted by atomic mass is 10.1. The normalized spacial score (nSPS) is 12.0. The predicted molar refractivity (Wildman–Crippen MR) is 124 cm³/mol. The molecular formula is C24H23F5O3SSi. The van der Waals surface area contributed by atoms with E-state index in [1.165, 1.54) is 56.0 Å². The Balaban J connectivity index is 0.000000440. The van der Waals surface area contributed by atoms with Crippen LogP contribution in [0.1, 0.15) is 15.9 Å². The Bertz CT molecular complexity index is 1240. The largest absolute Gasteiger partial charge is 0.360 e. The molecule has 0 fully saturated rings. The van der Waals surface area contributed by atoms with E-state index in [9.17, 15) is 35.2 Å². The molecule has 0 unspecified atom stereocenters. The third-order valence-electron chi connectivity index (χ3n) is 4.75. The highest BCUT2D eigenvalue weighted by Crippen LogP contribution is 2.28. The van der Waals surface area contributed by atoms with Crippen LogP contribution in [0.15, 0.2) is 71.6 Å². The minimum atomic E-state index is -3.92. The molecule has 0 heterocycles. The maximum atomic E-state index is 13.8. The van der Waals surface area contributed by atoms with E-state index in [-0.39, 0.29) is 16.2 Å². The summed E-state index contributed by atoms with van der Waals surface area (Å²) in [6.45, 7) is 3.85. The quantitative estimate of drug-likeness (QED) is 0.213. The zero-order chi connectivity index (χ0) is 25.7. The Morgan fingerprint density at radius 2 is 1.47 bits per heavy atom. The van der Waals surface area contributed by atoms with Crippen LogP contribution < -0.4 is 0 Å². The monoisotopic (exact) mass is 514 g/mol. The minimum absolute atomic E-state index is 0.0836. The van der Waals surface area contributed by atoms with E-state index < -0.39 is 35.3 Å². The van der Waals surface area contributed by atoms with Crippen LogP contribution in [0.25, 0.3) is 11.1 Å². The zero-order valence-corrected chi connectivity index (χ0v) is 20.5. The molecule has 34 heavy (non-hydrogen) atoms. The van der Waals surface area contributed by atoms with E-state index in [0.717, 1.165) is 12.1 Å². The molecule has 0 saturated carbocycles. The van der Waals surface area contributed by atoms with E-state index in [1.54, 1.807) is 18.2 Å². The van der Waals surface area contributed by atoms with Crippen molar-refractivity contribution in [1.29, 1.82) is 0 Å². The Kier molecular flexibility index (Phi) is 8.54. The van der Waals surface area contributed by atoms with Crippen molar-refractivity contribution in [3.05, 3.63) is 89.5 Å². The van der Waals surface area contributed by atoms with Crippen LogP contribution in [-0.4, -0.2) is 28.6 Å². The summed E-state index contributed by atoms with van der Waals surface area (Å²) < 4.78 is 86.8. The van der Waals surface area contributed by atoms with Crippen LogP contribution >= 0.6 is 0 Å². The molecule has 0 amide bonds. The highest BCUT2D eigenvalue weighted by Gasteiger charge is 2.44. The lowest BCUT2D eigenvalue weighted by Crippen LogP contribution is -2.40. The molecule has 0 aromatic heterocycles. The summed E-state index contributed by atoms with van der Waals surface area (Å²) in [5.74, 6) is -5.57. The smallest absolute Gasteiger partial charge is 0.298 e. The first kappa shape index (κ1) is 27.4. The molecule has 0 N–H and O–H groups in total. The molecule has 182 valence electrons. The highest BCUT2D eigenvalue weighted by atomic mass is 32.2. The Hall–Kier alpha value is -2.85. The number of sulfone groups is 1. The Morgan fingerprint density at radius 3 is 1.97 bits per heavy atom. The summed E-state index contributed by atoms with van der Waals surface area (Å²) in [5, 5.41) is 0. The molecule has 3 aromatic rings. The number of rotatable bonds is 5. The third kappa shape index (κ3) is 7.32. The number of hydrogen-bond donors (Lipinski definition) is 0. The molecule has 0 aliphatic carbocycles. The van der Waals surface area contributed by atoms with Gasteiger partial charge in [-0.25, -0.2) is 17.2 Å². The average molecular weight is 515 g/mol. The zero-order valence-electron chi connectivity index (χ0n) is 18.7. The van der Waals surface area contributed by atoms with Crippen molar-refractivity contribution in [2.24, 2.45) is 0 Å². The summed E-state index contributed by atoms with van der Waals surface area (Å²) in [6, 6.07) is 15.3. The summed E-state index contributed by atoms with van der Waals surface area (Å²) in [4.78, 5) is 10.9. The van der Waals surface area contributed by atoms with Gasteiger partial charge in [0.05, 0.1) is 10.6 Å².